The number of aromatic nitrogens is 2. The Balaban J connectivity index is 1.54. The zero-order valence-electron chi connectivity index (χ0n) is 16.9. The van der Waals surface area contributed by atoms with Crippen molar-refractivity contribution in [3.63, 3.8) is 0 Å². The van der Waals surface area contributed by atoms with Gasteiger partial charge in [0.1, 0.15) is 6.07 Å². The van der Waals surface area contributed by atoms with Crippen LogP contribution in [-0.2, 0) is 0 Å². The second-order valence-corrected chi connectivity index (χ2v) is 7.66. The number of hydrogen-bond acceptors (Lipinski definition) is 4. The van der Waals surface area contributed by atoms with Gasteiger partial charge < -0.3 is 15.2 Å². The predicted molar refractivity (Wildman–Crippen MR) is 119 cm³/mol. The molecule has 1 aliphatic heterocycles. The number of pyridine rings is 1. The number of piperidine rings is 1. The van der Waals surface area contributed by atoms with Gasteiger partial charge in [-0.15, -0.1) is 0 Å². The number of aryl methyl sites for hydroxylation is 1. The number of anilines is 2. The highest BCUT2D eigenvalue weighted by molar-refractivity contribution is 5.89. The molecule has 1 aromatic carbocycles. The summed E-state index contributed by atoms with van der Waals surface area (Å²) in [6.45, 7) is 5.62. The lowest BCUT2D eigenvalue weighted by molar-refractivity contribution is 0.233. The molecule has 1 aliphatic rings. The number of nitrogens with one attached hydrogen (secondary N) is 2. The number of likely N-dealkylation sites (tertiary alicyclic amines) is 1. The van der Waals surface area contributed by atoms with Crippen LogP contribution in [0.3, 0.4) is 0 Å². The van der Waals surface area contributed by atoms with Crippen molar-refractivity contribution in [2.75, 3.05) is 25.0 Å². The third-order valence-electron chi connectivity index (χ3n) is 5.72. The molecule has 4 rings (SSSR count). The van der Waals surface area contributed by atoms with Crippen LogP contribution in [0.25, 0.3) is 17.0 Å². The number of nitrogens with zero attached hydrogens (tertiary/aromatic N) is 3. The average molecular weight is 386 g/mol. The van der Waals surface area contributed by atoms with E-state index >= 15 is 0 Å². The molecule has 3 heterocycles. The number of nitriles is 1. The standard InChI is InChI=1S/C24H27N5/c1-18-21-10-11-27-23(21)9-8-22(18)28-24-19(16-26-17-20(24)15-25)7-3-6-14-29-12-4-2-5-13-29/h3,7-11,16-17,27H,2,4-6,12-14H2,1H3,(H,26,28). The van der Waals surface area contributed by atoms with E-state index in [0.29, 0.717) is 5.56 Å². The van der Waals surface area contributed by atoms with Gasteiger partial charge in [0.05, 0.1) is 11.3 Å². The summed E-state index contributed by atoms with van der Waals surface area (Å²) in [4.78, 5) is 10.0. The topological polar surface area (TPSA) is 67.7 Å². The lowest BCUT2D eigenvalue weighted by Gasteiger charge is -2.25. The number of aromatic amines is 1. The molecule has 1 fully saturated rings. The molecule has 0 radical (unpaired) electrons. The van der Waals surface area contributed by atoms with Crippen molar-refractivity contribution in [1.82, 2.24) is 14.9 Å². The van der Waals surface area contributed by atoms with Crippen LogP contribution in [0.15, 0.2) is 42.9 Å². The maximum atomic E-state index is 9.60. The first-order chi connectivity index (χ1) is 14.3. The van der Waals surface area contributed by atoms with E-state index in [1.54, 1.807) is 6.20 Å². The van der Waals surface area contributed by atoms with E-state index in [-0.39, 0.29) is 0 Å². The van der Waals surface area contributed by atoms with E-state index in [1.807, 2.05) is 12.4 Å². The lowest BCUT2D eigenvalue weighted by Crippen LogP contribution is -2.30. The Kier molecular flexibility index (Phi) is 5.92. The monoisotopic (exact) mass is 385 g/mol. The van der Waals surface area contributed by atoms with E-state index in [1.165, 1.54) is 37.7 Å². The Bertz CT molecular complexity index is 1050. The van der Waals surface area contributed by atoms with Gasteiger partial charge in [-0.25, -0.2) is 0 Å². The van der Waals surface area contributed by atoms with Crippen LogP contribution in [0.4, 0.5) is 11.4 Å². The molecule has 0 aliphatic carbocycles. The molecule has 0 bridgehead atoms. The van der Waals surface area contributed by atoms with Gasteiger partial charge in [-0.1, -0.05) is 18.6 Å². The van der Waals surface area contributed by atoms with Gasteiger partial charge >= 0.3 is 0 Å². The Morgan fingerprint density at radius 1 is 1.21 bits per heavy atom. The van der Waals surface area contributed by atoms with Gasteiger partial charge in [-0.3, -0.25) is 4.98 Å². The number of benzene rings is 1. The molecule has 2 N–H and O–H groups in total. The maximum Gasteiger partial charge on any atom is 0.103 e. The minimum atomic E-state index is 0.553. The molecule has 148 valence electrons. The zero-order valence-corrected chi connectivity index (χ0v) is 16.9. The highest BCUT2D eigenvalue weighted by Gasteiger charge is 2.11. The molecule has 0 unspecified atom stereocenters. The number of fused-ring (bicyclic) bond motifs is 1. The van der Waals surface area contributed by atoms with Crippen LogP contribution in [0.2, 0.25) is 0 Å². The fraction of sp³-hybridized carbons (Fsp3) is 0.333. The fourth-order valence-electron chi connectivity index (χ4n) is 4.03. The molecule has 0 atom stereocenters. The molecule has 3 aromatic rings. The minimum absolute atomic E-state index is 0.553. The van der Waals surface area contributed by atoms with Crippen LogP contribution in [-0.4, -0.2) is 34.5 Å². The molecular formula is C24H27N5. The van der Waals surface area contributed by atoms with Crippen molar-refractivity contribution in [3.05, 3.63) is 59.6 Å². The minimum Gasteiger partial charge on any atom is -0.361 e. The second kappa shape index (κ2) is 8.93. The van der Waals surface area contributed by atoms with Gasteiger partial charge in [-0.05, 0) is 63.0 Å². The van der Waals surface area contributed by atoms with Crippen molar-refractivity contribution in [3.8, 4) is 6.07 Å². The van der Waals surface area contributed by atoms with Gasteiger partial charge in [0.25, 0.3) is 0 Å². The molecular weight excluding hydrogens is 358 g/mol. The van der Waals surface area contributed by atoms with E-state index < -0.39 is 0 Å². The molecule has 1 saturated heterocycles. The van der Waals surface area contributed by atoms with Crippen molar-refractivity contribution in [1.29, 1.82) is 5.26 Å². The third-order valence-corrected chi connectivity index (χ3v) is 5.72. The van der Waals surface area contributed by atoms with E-state index in [9.17, 15) is 5.26 Å². The van der Waals surface area contributed by atoms with Crippen LogP contribution in [0.1, 0.15) is 42.4 Å². The van der Waals surface area contributed by atoms with Gasteiger partial charge in [0, 0.05) is 47.3 Å². The summed E-state index contributed by atoms with van der Waals surface area (Å²) in [6.07, 6.45) is 14.7. The molecule has 0 amide bonds. The molecule has 0 saturated carbocycles. The van der Waals surface area contributed by atoms with Crippen molar-refractivity contribution >= 4 is 28.4 Å². The Morgan fingerprint density at radius 2 is 2.07 bits per heavy atom. The highest BCUT2D eigenvalue weighted by atomic mass is 15.1. The van der Waals surface area contributed by atoms with Crippen molar-refractivity contribution in [2.24, 2.45) is 0 Å². The summed E-state index contributed by atoms with van der Waals surface area (Å²) in [5.41, 5.74) is 5.58. The van der Waals surface area contributed by atoms with Gasteiger partial charge in [0.15, 0.2) is 0 Å². The first kappa shape index (κ1) is 19.2. The molecule has 2 aromatic heterocycles. The molecule has 29 heavy (non-hydrogen) atoms. The van der Waals surface area contributed by atoms with E-state index in [4.69, 9.17) is 0 Å². The average Bonchev–Trinajstić information content (AvgIpc) is 3.24. The van der Waals surface area contributed by atoms with Crippen LogP contribution < -0.4 is 5.32 Å². The Labute approximate surface area is 172 Å². The fourth-order valence-corrected chi connectivity index (χ4v) is 4.03. The van der Waals surface area contributed by atoms with Gasteiger partial charge in [0.2, 0.25) is 0 Å². The summed E-state index contributed by atoms with van der Waals surface area (Å²) in [7, 11) is 0. The molecule has 0 spiro atoms. The van der Waals surface area contributed by atoms with Gasteiger partial charge in [-0.2, -0.15) is 5.26 Å². The molecule has 5 heteroatoms. The summed E-state index contributed by atoms with van der Waals surface area (Å²) in [5, 5.41) is 14.3. The van der Waals surface area contributed by atoms with E-state index in [2.05, 4.69) is 63.5 Å². The van der Waals surface area contributed by atoms with Crippen molar-refractivity contribution in [2.45, 2.75) is 32.6 Å². The van der Waals surface area contributed by atoms with E-state index in [0.717, 1.165) is 41.0 Å². The summed E-state index contributed by atoms with van der Waals surface area (Å²) < 4.78 is 0. The second-order valence-electron chi connectivity index (χ2n) is 7.66. The summed E-state index contributed by atoms with van der Waals surface area (Å²) >= 11 is 0. The first-order valence-corrected chi connectivity index (χ1v) is 10.4. The maximum absolute atomic E-state index is 9.60. The number of H-pyrrole nitrogens is 1. The summed E-state index contributed by atoms with van der Waals surface area (Å²) in [5.74, 6) is 0. The third kappa shape index (κ3) is 4.33. The van der Waals surface area contributed by atoms with Crippen LogP contribution in [0, 0.1) is 18.3 Å². The smallest absolute Gasteiger partial charge is 0.103 e. The largest absolute Gasteiger partial charge is 0.361 e. The lowest BCUT2D eigenvalue weighted by atomic mass is 10.1. The molecule has 5 nitrogen and oxygen atoms in total. The van der Waals surface area contributed by atoms with Crippen molar-refractivity contribution < 1.29 is 0 Å². The Morgan fingerprint density at radius 3 is 2.90 bits per heavy atom. The predicted octanol–water partition coefficient (Wildman–Crippen LogP) is 5.38. The normalized spacial score (nSPS) is 15.0. The van der Waals surface area contributed by atoms with Crippen LogP contribution in [0.5, 0.6) is 0 Å². The summed E-state index contributed by atoms with van der Waals surface area (Å²) in [6, 6.07) is 8.47. The number of hydrogen-bond donors (Lipinski definition) is 2. The number of rotatable bonds is 6. The zero-order chi connectivity index (χ0) is 20.1. The van der Waals surface area contributed by atoms with Crippen LogP contribution >= 0.6 is 0 Å². The Hall–Kier alpha value is -3.10. The first-order valence-electron chi connectivity index (χ1n) is 10.4. The quantitative estimate of drug-likeness (QED) is 0.598. The SMILES string of the molecule is Cc1c(Nc2c(C#N)cncc2C=CCCN2CCCCC2)ccc2[nH]ccc12. The highest BCUT2D eigenvalue weighted by Crippen LogP contribution is 2.30.